The van der Waals surface area contributed by atoms with Crippen molar-refractivity contribution in [3.8, 4) is 0 Å². The van der Waals surface area contributed by atoms with Crippen LogP contribution < -0.4 is 15.5 Å². The Balaban J connectivity index is 1.70. The van der Waals surface area contributed by atoms with Gasteiger partial charge in [-0.1, -0.05) is 24.3 Å². The van der Waals surface area contributed by atoms with Crippen molar-refractivity contribution in [1.82, 2.24) is 9.97 Å². The summed E-state index contributed by atoms with van der Waals surface area (Å²) in [7, 11) is 0. The molecule has 28 heavy (non-hydrogen) atoms. The van der Waals surface area contributed by atoms with Crippen molar-refractivity contribution >= 4 is 23.0 Å². The molecule has 1 aromatic heterocycles. The van der Waals surface area contributed by atoms with Crippen LogP contribution in [-0.4, -0.2) is 23.1 Å². The van der Waals surface area contributed by atoms with Gasteiger partial charge < -0.3 is 15.5 Å². The topological polar surface area (TPSA) is 53.1 Å². The van der Waals surface area contributed by atoms with Crippen LogP contribution in [0.15, 0.2) is 54.6 Å². The predicted octanol–water partition coefficient (Wildman–Crippen LogP) is 5.30. The Bertz CT molecular complexity index is 901. The van der Waals surface area contributed by atoms with Crippen LogP contribution in [0.25, 0.3) is 0 Å². The molecule has 0 saturated heterocycles. The minimum Gasteiger partial charge on any atom is -0.372 e. The molecular formula is C23H29N5. The first-order valence-corrected chi connectivity index (χ1v) is 9.85. The summed E-state index contributed by atoms with van der Waals surface area (Å²) in [4.78, 5) is 11.4. The maximum Gasteiger partial charge on any atom is 0.136 e. The molecule has 0 bridgehead atoms. The zero-order valence-electron chi connectivity index (χ0n) is 17.2. The summed E-state index contributed by atoms with van der Waals surface area (Å²) >= 11 is 0. The van der Waals surface area contributed by atoms with E-state index in [1.54, 1.807) is 0 Å². The highest BCUT2D eigenvalue weighted by atomic mass is 15.1. The quantitative estimate of drug-likeness (QED) is 0.560. The molecule has 0 aliphatic carbocycles. The van der Waals surface area contributed by atoms with Gasteiger partial charge in [-0.15, -0.1) is 0 Å². The number of hydrogen-bond donors (Lipinski definition) is 2. The SMILES string of the molecule is CCN(CC)c1ccc(Nc2cc(NCc3ccccc3C)nc(C)n2)cc1. The van der Waals surface area contributed by atoms with Crippen molar-refractivity contribution in [2.45, 2.75) is 34.2 Å². The molecule has 0 radical (unpaired) electrons. The molecule has 146 valence electrons. The van der Waals surface area contributed by atoms with Crippen molar-refractivity contribution in [1.29, 1.82) is 0 Å². The normalized spacial score (nSPS) is 10.6. The summed E-state index contributed by atoms with van der Waals surface area (Å²) < 4.78 is 0. The van der Waals surface area contributed by atoms with Gasteiger partial charge in [-0.05, 0) is 63.1 Å². The molecule has 3 rings (SSSR count). The fourth-order valence-electron chi connectivity index (χ4n) is 3.21. The van der Waals surface area contributed by atoms with Crippen LogP contribution in [0.3, 0.4) is 0 Å². The van der Waals surface area contributed by atoms with Gasteiger partial charge in [0.15, 0.2) is 0 Å². The van der Waals surface area contributed by atoms with Gasteiger partial charge in [0, 0.05) is 37.1 Å². The Hall–Kier alpha value is -3.08. The van der Waals surface area contributed by atoms with Crippen molar-refractivity contribution < 1.29 is 0 Å². The molecule has 0 saturated carbocycles. The van der Waals surface area contributed by atoms with E-state index < -0.39 is 0 Å². The number of nitrogens with one attached hydrogen (secondary N) is 2. The molecule has 2 N–H and O–H groups in total. The smallest absolute Gasteiger partial charge is 0.136 e. The summed E-state index contributed by atoms with van der Waals surface area (Å²) in [5, 5.41) is 6.80. The molecule has 0 aliphatic heterocycles. The van der Waals surface area contributed by atoms with Gasteiger partial charge in [-0.25, -0.2) is 9.97 Å². The lowest BCUT2D eigenvalue weighted by molar-refractivity contribution is 0.866. The highest BCUT2D eigenvalue weighted by molar-refractivity contribution is 5.62. The first-order valence-electron chi connectivity index (χ1n) is 9.85. The molecule has 5 heteroatoms. The number of benzene rings is 2. The molecule has 0 fully saturated rings. The molecule has 0 aliphatic rings. The Labute approximate surface area is 167 Å². The van der Waals surface area contributed by atoms with Crippen molar-refractivity contribution in [3.63, 3.8) is 0 Å². The number of rotatable bonds is 8. The first-order chi connectivity index (χ1) is 13.6. The van der Waals surface area contributed by atoms with E-state index in [4.69, 9.17) is 0 Å². The highest BCUT2D eigenvalue weighted by Gasteiger charge is 2.05. The summed E-state index contributed by atoms with van der Waals surface area (Å²) in [5.41, 5.74) is 4.78. The van der Waals surface area contributed by atoms with Crippen LogP contribution in [0.2, 0.25) is 0 Å². The van der Waals surface area contributed by atoms with Crippen LogP contribution in [0.1, 0.15) is 30.8 Å². The largest absolute Gasteiger partial charge is 0.372 e. The Morgan fingerprint density at radius 3 is 2.21 bits per heavy atom. The number of nitrogens with zero attached hydrogens (tertiary/aromatic N) is 3. The van der Waals surface area contributed by atoms with Crippen molar-refractivity contribution in [2.24, 2.45) is 0 Å². The zero-order valence-corrected chi connectivity index (χ0v) is 17.2. The van der Waals surface area contributed by atoms with Gasteiger partial charge >= 0.3 is 0 Å². The summed E-state index contributed by atoms with van der Waals surface area (Å²) in [6.45, 7) is 11.1. The van der Waals surface area contributed by atoms with E-state index in [2.05, 4.69) is 94.8 Å². The Kier molecular flexibility index (Phi) is 6.48. The average molecular weight is 376 g/mol. The van der Waals surface area contributed by atoms with Gasteiger partial charge in [-0.2, -0.15) is 0 Å². The van der Waals surface area contributed by atoms with Gasteiger partial charge in [-0.3, -0.25) is 0 Å². The molecule has 5 nitrogen and oxygen atoms in total. The molecule has 0 spiro atoms. The minimum atomic E-state index is 0.733. The number of aromatic nitrogens is 2. The first kappa shape index (κ1) is 19.7. The fraction of sp³-hybridized carbons (Fsp3) is 0.304. The maximum atomic E-state index is 4.52. The van der Waals surface area contributed by atoms with Crippen molar-refractivity contribution in [2.75, 3.05) is 28.6 Å². The lowest BCUT2D eigenvalue weighted by Gasteiger charge is -2.21. The van der Waals surface area contributed by atoms with E-state index in [0.29, 0.717) is 0 Å². The summed E-state index contributed by atoms with van der Waals surface area (Å²) in [6.07, 6.45) is 0. The van der Waals surface area contributed by atoms with Gasteiger partial charge in [0.05, 0.1) is 0 Å². The second-order valence-corrected chi connectivity index (χ2v) is 6.81. The third kappa shape index (κ3) is 5.00. The van der Waals surface area contributed by atoms with E-state index >= 15 is 0 Å². The van der Waals surface area contributed by atoms with Crippen molar-refractivity contribution in [3.05, 3.63) is 71.5 Å². The monoisotopic (exact) mass is 375 g/mol. The summed E-state index contributed by atoms with van der Waals surface area (Å²) in [6, 6.07) is 18.8. The van der Waals surface area contributed by atoms with Crippen LogP contribution in [0.5, 0.6) is 0 Å². The number of aryl methyl sites for hydroxylation is 2. The average Bonchev–Trinajstić information content (AvgIpc) is 2.69. The summed E-state index contributed by atoms with van der Waals surface area (Å²) in [5.74, 6) is 2.34. The van der Waals surface area contributed by atoms with Crippen LogP contribution in [0, 0.1) is 13.8 Å². The highest BCUT2D eigenvalue weighted by Crippen LogP contribution is 2.22. The predicted molar refractivity (Wildman–Crippen MR) is 119 cm³/mol. The van der Waals surface area contributed by atoms with Crippen LogP contribution in [-0.2, 0) is 6.54 Å². The van der Waals surface area contributed by atoms with E-state index in [0.717, 1.165) is 42.8 Å². The third-order valence-electron chi connectivity index (χ3n) is 4.83. The van der Waals surface area contributed by atoms with E-state index in [1.165, 1.54) is 16.8 Å². The molecule has 3 aromatic rings. The molecule has 0 amide bonds. The Morgan fingerprint density at radius 1 is 0.857 bits per heavy atom. The van der Waals surface area contributed by atoms with Crippen LogP contribution in [0.4, 0.5) is 23.0 Å². The fourth-order valence-corrected chi connectivity index (χ4v) is 3.21. The lowest BCUT2D eigenvalue weighted by Crippen LogP contribution is -2.21. The molecule has 0 atom stereocenters. The number of hydrogen-bond acceptors (Lipinski definition) is 5. The molecular weight excluding hydrogens is 346 g/mol. The van der Waals surface area contributed by atoms with Gasteiger partial charge in [0.2, 0.25) is 0 Å². The minimum absolute atomic E-state index is 0.733. The maximum absolute atomic E-state index is 4.52. The third-order valence-corrected chi connectivity index (χ3v) is 4.83. The Morgan fingerprint density at radius 2 is 1.54 bits per heavy atom. The van der Waals surface area contributed by atoms with Gasteiger partial charge in [0.1, 0.15) is 17.5 Å². The second kappa shape index (κ2) is 9.22. The number of anilines is 4. The van der Waals surface area contributed by atoms with Gasteiger partial charge in [0.25, 0.3) is 0 Å². The van der Waals surface area contributed by atoms with E-state index in [1.807, 2.05) is 13.0 Å². The van der Waals surface area contributed by atoms with Crippen LogP contribution >= 0.6 is 0 Å². The lowest BCUT2D eigenvalue weighted by atomic mass is 10.1. The molecule has 1 heterocycles. The van der Waals surface area contributed by atoms with E-state index in [9.17, 15) is 0 Å². The molecule has 0 unspecified atom stereocenters. The zero-order chi connectivity index (χ0) is 19.9. The molecule has 2 aromatic carbocycles. The standard InChI is InChI=1S/C23H29N5/c1-5-28(6-2)21-13-11-20(12-14-21)27-23-15-22(25-18(4)26-23)24-16-19-10-8-7-9-17(19)3/h7-15H,5-6,16H2,1-4H3,(H2,24,25,26,27). The second-order valence-electron chi connectivity index (χ2n) is 6.81. The van der Waals surface area contributed by atoms with E-state index in [-0.39, 0.29) is 0 Å².